The van der Waals surface area contributed by atoms with Crippen LogP contribution in [0.5, 0.6) is 0 Å². The largest absolute Gasteiger partial charge is 0.323 e. The molecule has 0 bridgehead atoms. The molecule has 0 unspecified atom stereocenters. The molecule has 3 amide bonds. The first-order valence-corrected chi connectivity index (χ1v) is 8.45. The number of carbonyl (C=O) groups excluding carboxylic acids is 3. The van der Waals surface area contributed by atoms with Crippen LogP contribution in [0.15, 0.2) is 47.3 Å². The molecule has 4 rings (SSSR count). The van der Waals surface area contributed by atoms with Crippen molar-refractivity contribution >= 4 is 34.4 Å². The fourth-order valence-electron chi connectivity index (χ4n) is 3.06. The number of amides is 3. The number of hydrogen-bond acceptors (Lipinski definition) is 4. The van der Waals surface area contributed by atoms with E-state index in [1.165, 1.54) is 4.90 Å². The van der Waals surface area contributed by atoms with E-state index in [1.807, 2.05) is 0 Å². The van der Waals surface area contributed by atoms with Gasteiger partial charge < -0.3 is 15.3 Å². The summed E-state index contributed by atoms with van der Waals surface area (Å²) in [7, 11) is 0. The Hall–Kier alpha value is -3.68. The minimum Gasteiger partial charge on any atom is -0.322 e. The molecule has 27 heavy (non-hydrogen) atoms. The number of hydrogen-bond donors (Lipinski definition) is 3. The third-order valence-corrected chi connectivity index (χ3v) is 4.49. The van der Waals surface area contributed by atoms with E-state index in [0.29, 0.717) is 22.3 Å². The Balaban J connectivity index is 1.46. The van der Waals surface area contributed by atoms with Crippen LogP contribution >= 0.6 is 0 Å². The Morgan fingerprint density at radius 3 is 2.30 bits per heavy atom. The van der Waals surface area contributed by atoms with Crippen molar-refractivity contribution in [1.82, 2.24) is 14.9 Å². The number of rotatable bonds is 4. The summed E-state index contributed by atoms with van der Waals surface area (Å²) in [6, 6.07) is 11.8. The number of nitrogens with zero attached hydrogens (tertiary/aromatic N) is 1. The van der Waals surface area contributed by atoms with Crippen molar-refractivity contribution in [3.63, 3.8) is 0 Å². The van der Waals surface area contributed by atoms with Crippen LogP contribution in [0.2, 0.25) is 0 Å². The fourth-order valence-corrected chi connectivity index (χ4v) is 3.06. The monoisotopic (exact) mass is 364 g/mol. The van der Waals surface area contributed by atoms with Gasteiger partial charge in [0, 0.05) is 24.1 Å². The van der Waals surface area contributed by atoms with Gasteiger partial charge in [-0.25, -0.2) is 4.79 Å². The van der Waals surface area contributed by atoms with Gasteiger partial charge in [0.15, 0.2) is 0 Å². The number of imidazole rings is 1. The van der Waals surface area contributed by atoms with Crippen molar-refractivity contribution < 1.29 is 14.4 Å². The van der Waals surface area contributed by atoms with Gasteiger partial charge in [-0.2, -0.15) is 0 Å². The molecule has 2 aromatic carbocycles. The summed E-state index contributed by atoms with van der Waals surface area (Å²) in [6.45, 7) is 0.219. The van der Waals surface area contributed by atoms with Crippen molar-refractivity contribution in [3.8, 4) is 0 Å². The molecule has 1 fully saturated rings. The quantitative estimate of drug-likeness (QED) is 0.612. The Labute approximate surface area is 153 Å². The number of aromatic amines is 2. The maximum Gasteiger partial charge on any atom is 0.323 e. The van der Waals surface area contributed by atoms with Crippen molar-refractivity contribution in [2.45, 2.75) is 19.4 Å². The predicted molar refractivity (Wildman–Crippen MR) is 98.1 cm³/mol. The summed E-state index contributed by atoms with van der Waals surface area (Å²) in [5, 5.41) is 2.77. The smallest absolute Gasteiger partial charge is 0.322 e. The molecule has 8 heteroatoms. The van der Waals surface area contributed by atoms with Gasteiger partial charge in [0.05, 0.1) is 17.6 Å². The number of benzene rings is 2. The molecule has 136 valence electrons. The minimum atomic E-state index is -0.306. The van der Waals surface area contributed by atoms with Crippen LogP contribution in [0, 0.1) is 0 Å². The molecular weight excluding hydrogens is 348 g/mol. The zero-order valence-electron chi connectivity index (χ0n) is 14.2. The Morgan fingerprint density at radius 2 is 1.59 bits per heavy atom. The second-order valence-electron chi connectivity index (χ2n) is 6.36. The summed E-state index contributed by atoms with van der Waals surface area (Å²) in [4.78, 5) is 53.6. The summed E-state index contributed by atoms with van der Waals surface area (Å²) < 4.78 is 0. The van der Waals surface area contributed by atoms with Crippen LogP contribution in [0.25, 0.3) is 11.0 Å². The number of likely N-dealkylation sites (tertiary alicyclic amines) is 1. The van der Waals surface area contributed by atoms with Crippen LogP contribution in [0.4, 0.5) is 5.69 Å². The van der Waals surface area contributed by atoms with Gasteiger partial charge in [0.2, 0.25) is 11.8 Å². The Morgan fingerprint density at radius 1 is 0.926 bits per heavy atom. The maximum atomic E-state index is 12.4. The van der Waals surface area contributed by atoms with E-state index in [1.54, 1.807) is 42.5 Å². The van der Waals surface area contributed by atoms with E-state index < -0.39 is 0 Å². The highest BCUT2D eigenvalue weighted by atomic mass is 16.2. The number of carbonyl (C=O) groups is 3. The zero-order valence-corrected chi connectivity index (χ0v) is 14.2. The van der Waals surface area contributed by atoms with Gasteiger partial charge in [-0.3, -0.25) is 19.3 Å². The lowest BCUT2D eigenvalue weighted by Crippen LogP contribution is -2.28. The number of nitrogens with one attached hydrogen (secondary N) is 3. The number of aromatic nitrogens is 2. The summed E-state index contributed by atoms with van der Waals surface area (Å²) in [5.41, 5.74) is 2.74. The van der Waals surface area contributed by atoms with Crippen molar-refractivity contribution in [3.05, 3.63) is 64.1 Å². The topological polar surface area (TPSA) is 115 Å². The lowest BCUT2D eigenvalue weighted by molar-refractivity contribution is -0.139. The molecule has 0 atom stereocenters. The van der Waals surface area contributed by atoms with Crippen LogP contribution < -0.4 is 11.0 Å². The number of fused-ring (bicyclic) bond motifs is 1. The SMILES string of the molecule is O=C(Nc1ccc2[nH]c(=O)[nH]c2c1)c1ccc(CN2C(=O)CCC2=O)cc1. The lowest BCUT2D eigenvalue weighted by atomic mass is 10.1. The first kappa shape index (κ1) is 16.8. The van der Waals surface area contributed by atoms with Crippen LogP contribution in [-0.2, 0) is 16.1 Å². The molecule has 1 aliphatic heterocycles. The summed E-state index contributed by atoms with van der Waals surface area (Å²) in [6.07, 6.45) is 0.520. The molecule has 0 aliphatic carbocycles. The summed E-state index contributed by atoms with van der Waals surface area (Å²) >= 11 is 0. The Kier molecular flexibility index (Phi) is 4.08. The van der Waals surface area contributed by atoms with Crippen molar-refractivity contribution in [1.29, 1.82) is 0 Å². The van der Waals surface area contributed by atoms with E-state index in [0.717, 1.165) is 5.56 Å². The molecule has 1 aromatic heterocycles. The average molecular weight is 364 g/mol. The first-order valence-electron chi connectivity index (χ1n) is 8.45. The highest BCUT2D eigenvalue weighted by Gasteiger charge is 2.28. The molecule has 2 heterocycles. The third kappa shape index (κ3) is 3.37. The Bertz CT molecular complexity index is 1090. The number of imide groups is 1. The normalized spacial score (nSPS) is 14.1. The predicted octanol–water partition coefficient (Wildman–Crippen LogP) is 1.76. The van der Waals surface area contributed by atoms with E-state index in [4.69, 9.17) is 0 Å². The van der Waals surface area contributed by atoms with Gasteiger partial charge >= 0.3 is 5.69 Å². The first-order chi connectivity index (χ1) is 13.0. The maximum absolute atomic E-state index is 12.4. The van der Waals surface area contributed by atoms with Gasteiger partial charge in [-0.15, -0.1) is 0 Å². The molecule has 0 radical (unpaired) electrons. The van der Waals surface area contributed by atoms with Gasteiger partial charge in [-0.05, 0) is 35.9 Å². The van der Waals surface area contributed by atoms with Gasteiger partial charge in [-0.1, -0.05) is 12.1 Å². The van der Waals surface area contributed by atoms with E-state index in [9.17, 15) is 19.2 Å². The molecular formula is C19H16N4O4. The van der Waals surface area contributed by atoms with E-state index in [-0.39, 0.29) is 42.8 Å². The van der Waals surface area contributed by atoms with E-state index in [2.05, 4.69) is 15.3 Å². The van der Waals surface area contributed by atoms with Gasteiger partial charge in [0.1, 0.15) is 0 Å². The second kappa shape index (κ2) is 6.56. The fraction of sp³-hybridized carbons (Fsp3) is 0.158. The van der Waals surface area contributed by atoms with Crippen LogP contribution in [0.1, 0.15) is 28.8 Å². The number of anilines is 1. The van der Waals surface area contributed by atoms with Crippen molar-refractivity contribution in [2.75, 3.05) is 5.32 Å². The molecule has 3 aromatic rings. The summed E-state index contributed by atoms with van der Waals surface area (Å²) in [5.74, 6) is -0.632. The highest BCUT2D eigenvalue weighted by molar-refractivity contribution is 6.05. The molecule has 0 saturated carbocycles. The van der Waals surface area contributed by atoms with E-state index >= 15 is 0 Å². The highest BCUT2D eigenvalue weighted by Crippen LogP contribution is 2.18. The zero-order chi connectivity index (χ0) is 19.0. The third-order valence-electron chi connectivity index (χ3n) is 4.49. The second-order valence-corrected chi connectivity index (χ2v) is 6.36. The van der Waals surface area contributed by atoms with Crippen LogP contribution in [-0.4, -0.2) is 32.6 Å². The number of H-pyrrole nitrogens is 2. The molecule has 8 nitrogen and oxygen atoms in total. The average Bonchev–Trinajstić information content (AvgIpc) is 3.17. The molecule has 3 N–H and O–H groups in total. The van der Waals surface area contributed by atoms with Crippen LogP contribution in [0.3, 0.4) is 0 Å². The lowest BCUT2D eigenvalue weighted by Gasteiger charge is -2.14. The van der Waals surface area contributed by atoms with Gasteiger partial charge in [0.25, 0.3) is 5.91 Å². The minimum absolute atomic E-state index is 0.167. The van der Waals surface area contributed by atoms with Crippen molar-refractivity contribution in [2.24, 2.45) is 0 Å². The standard InChI is InChI=1S/C19H16N4O4/c24-16-7-8-17(25)23(16)10-11-1-3-12(4-2-11)18(26)20-13-5-6-14-15(9-13)22-19(27)21-14/h1-6,9H,7-8,10H2,(H,20,26)(H2,21,22,27). The molecule has 1 aliphatic rings. The molecule has 0 spiro atoms. The molecule has 1 saturated heterocycles.